The predicted molar refractivity (Wildman–Crippen MR) is 197 cm³/mol. The van der Waals surface area contributed by atoms with Gasteiger partial charge in [-0.3, -0.25) is 28.8 Å². The van der Waals surface area contributed by atoms with Crippen LogP contribution in [-0.2, 0) is 38.2 Å². The van der Waals surface area contributed by atoms with Crippen LogP contribution in [0.15, 0.2) is 35.6 Å². The summed E-state index contributed by atoms with van der Waals surface area (Å²) in [7, 11) is 0. The average molecular weight is 759 g/mol. The number of Topliss-reactive ketones (excluding diaryl/α,β-unsaturated/α-hetero) is 1. The lowest BCUT2D eigenvalue weighted by molar-refractivity contribution is -0.144. The Labute approximate surface area is 317 Å². The standard InChI is InChI=1S/C37H58N8O9/c1-10-11-17-25(29(47)33(50)39-19-27(46)41-28(32(49)43-44-38)23-15-13-12-14-16-23)40-31(48)26-18-24(54-37(7,8)9)20-45(26)34(51)30(36(4,5)6)42-35(52)53-21-22(2)3/h12-16,22,24-26,28,30H,10-11,17-21H2,1-9H3,(H,39,50)(H,40,48)(H,41,46)(H,42,52)(H2,38,43,49)/t24-,25?,26+,28+,30-/m1/s1. The quantitative estimate of drug-likeness (QED) is 0.0732. The van der Waals surface area contributed by atoms with E-state index in [0.29, 0.717) is 18.4 Å². The van der Waals surface area contributed by atoms with Crippen LogP contribution in [0.1, 0.15) is 99.6 Å². The third kappa shape index (κ3) is 14.5. The van der Waals surface area contributed by atoms with Gasteiger partial charge in [0.05, 0.1) is 30.9 Å². The van der Waals surface area contributed by atoms with Crippen LogP contribution in [0, 0.1) is 16.9 Å². The second-order valence-electron chi connectivity index (χ2n) is 15.8. The minimum Gasteiger partial charge on any atom is -0.449 e. The molecule has 0 aromatic heterocycles. The Morgan fingerprint density at radius 1 is 0.963 bits per heavy atom. The fraction of sp³-hybridized carbons (Fsp3) is 0.649. The van der Waals surface area contributed by atoms with Gasteiger partial charge in [-0.15, -0.1) is 0 Å². The molecule has 0 bridgehead atoms. The van der Waals surface area contributed by atoms with Gasteiger partial charge in [0.2, 0.25) is 23.5 Å². The van der Waals surface area contributed by atoms with E-state index in [1.165, 1.54) is 4.90 Å². The third-order valence-electron chi connectivity index (χ3n) is 8.27. The molecule has 6 N–H and O–H groups in total. The molecule has 17 nitrogen and oxygen atoms in total. The van der Waals surface area contributed by atoms with Crippen molar-refractivity contribution in [1.82, 2.24) is 31.6 Å². The molecule has 1 aromatic carbocycles. The van der Waals surface area contributed by atoms with Crippen LogP contribution < -0.4 is 26.7 Å². The molecule has 0 saturated carbocycles. The molecule has 0 radical (unpaired) electrons. The number of nitrogens with zero attached hydrogens (tertiary/aromatic N) is 2. The summed E-state index contributed by atoms with van der Waals surface area (Å²) in [4.78, 5) is 94.1. The van der Waals surface area contributed by atoms with Gasteiger partial charge in [0, 0.05) is 13.0 Å². The molecule has 54 heavy (non-hydrogen) atoms. The Balaban J connectivity index is 2.26. The zero-order valence-electron chi connectivity index (χ0n) is 32.9. The molecule has 0 aliphatic carbocycles. The van der Waals surface area contributed by atoms with E-state index in [1.807, 2.05) is 47.0 Å². The highest BCUT2D eigenvalue weighted by Crippen LogP contribution is 2.29. The van der Waals surface area contributed by atoms with E-state index in [4.69, 9.17) is 15.0 Å². The van der Waals surface area contributed by atoms with Gasteiger partial charge in [-0.2, -0.15) is 5.53 Å². The van der Waals surface area contributed by atoms with E-state index in [0.717, 1.165) is 0 Å². The van der Waals surface area contributed by atoms with Crippen LogP contribution >= 0.6 is 0 Å². The first-order chi connectivity index (χ1) is 25.2. The van der Waals surface area contributed by atoms with Crippen LogP contribution in [-0.4, -0.2) is 95.8 Å². The maximum absolute atomic E-state index is 14.2. The van der Waals surface area contributed by atoms with Gasteiger partial charge in [-0.25, -0.2) is 10.2 Å². The molecular weight excluding hydrogens is 700 g/mol. The predicted octanol–water partition coefficient (Wildman–Crippen LogP) is 2.85. The van der Waals surface area contributed by atoms with E-state index >= 15 is 0 Å². The molecule has 5 atom stereocenters. The Morgan fingerprint density at radius 3 is 2.17 bits per heavy atom. The van der Waals surface area contributed by atoms with Gasteiger partial charge in [0.1, 0.15) is 18.1 Å². The number of carbonyl (C=O) groups is 7. The molecule has 0 spiro atoms. The molecular formula is C37H58N8O9. The average Bonchev–Trinajstić information content (AvgIpc) is 3.51. The second-order valence-corrected chi connectivity index (χ2v) is 15.8. The van der Waals surface area contributed by atoms with Crippen molar-refractivity contribution in [3.05, 3.63) is 35.9 Å². The number of ether oxygens (including phenoxy) is 2. The summed E-state index contributed by atoms with van der Waals surface area (Å²) in [6, 6.07) is 3.45. The summed E-state index contributed by atoms with van der Waals surface area (Å²) in [6.45, 7) is 16.0. The highest BCUT2D eigenvalue weighted by molar-refractivity contribution is 6.38. The zero-order valence-corrected chi connectivity index (χ0v) is 32.9. The molecule has 1 aliphatic heterocycles. The monoisotopic (exact) mass is 758 g/mol. The first-order valence-electron chi connectivity index (χ1n) is 18.2. The molecule has 1 saturated heterocycles. The second kappa shape index (κ2) is 20.5. The minimum absolute atomic E-state index is 0.0323. The number of ketones is 1. The van der Waals surface area contributed by atoms with Crippen molar-refractivity contribution in [3.8, 4) is 0 Å². The molecule has 1 aliphatic rings. The fourth-order valence-corrected chi connectivity index (χ4v) is 5.72. The number of likely N-dealkylation sites (tertiary alicyclic amines) is 1. The molecule has 2 rings (SSSR count). The lowest BCUT2D eigenvalue weighted by Crippen LogP contribution is -2.59. The van der Waals surface area contributed by atoms with Crippen LogP contribution in [0.2, 0.25) is 0 Å². The molecule has 1 fully saturated rings. The highest BCUT2D eigenvalue weighted by atomic mass is 16.5. The number of nitrogens with one attached hydrogen (secondary N) is 6. The number of benzene rings is 1. The maximum Gasteiger partial charge on any atom is 0.407 e. The Bertz CT molecular complexity index is 1490. The molecule has 6 amide bonds. The molecule has 17 heteroatoms. The van der Waals surface area contributed by atoms with Gasteiger partial charge < -0.3 is 35.6 Å². The summed E-state index contributed by atoms with van der Waals surface area (Å²) >= 11 is 0. The van der Waals surface area contributed by atoms with Crippen molar-refractivity contribution < 1.29 is 43.0 Å². The Morgan fingerprint density at radius 2 is 1.61 bits per heavy atom. The summed E-state index contributed by atoms with van der Waals surface area (Å²) in [5.41, 5.74) is 7.88. The third-order valence-corrected chi connectivity index (χ3v) is 8.27. The van der Waals surface area contributed by atoms with Gasteiger partial charge in [-0.05, 0) is 44.1 Å². The lowest BCUT2D eigenvalue weighted by atomic mass is 9.85. The smallest absolute Gasteiger partial charge is 0.407 e. The van der Waals surface area contributed by atoms with Crippen molar-refractivity contribution in [2.24, 2.45) is 16.6 Å². The van der Waals surface area contributed by atoms with Crippen LogP contribution in [0.25, 0.3) is 0 Å². The van der Waals surface area contributed by atoms with E-state index in [-0.39, 0.29) is 31.9 Å². The van der Waals surface area contributed by atoms with E-state index in [1.54, 1.807) is 51.1 Å². The van der Waals surface area contributed by atoms with Crippen LogP contribution in [0.3, 0.4) is 0 Å². The summed E-state index contributed by atoms with van der Waals surface area (Å²) < 4.78 is 11.5. The van der Waals surface area contributed by atoms with E-state index in [2.05, 4.69) is 26.5 Å². The van der Waals surface area contributed by atoms with Crippen LogP contribution in [0.4, 0.5) is 4.79 Å². The number of hydrogen-bond donors (Lipinski definition) is 6. The molecule has 300 valence electrons. The van der Waals surface area contributed by atoms with Crippen LogP contribution in [0.5, 0.6) is 0 Å². The van der Waals surface area contributed by atoms with Crippen molar-refractivity contribution >= 4 is 41.4 Å². The number of amides is 6. The van der Waals surface area contributed by atoms with Crippen molar-refractivity contribution in [1.29, 1.82) is 5.53 Å². The zero-order chi connectivity index (χ0) is 40.8. The first-order valence-corrected chi connectivity index (χ1v) is 18.2. The maximum atomic E-state index is 14.2. The molecule has 1 unspecified atom stereocenters. The fourth-order valence-electron chi connectivity index (χ4n) is 5.72. The normalized spacial score (nSPS) is 17.4. The summed E-state index contributed by atoms with van der Waals surface area (Å²) in [5, 5.41) is 12.9. The number of carbonyl (C=O) groups excluding carboxylic acids is 7. The van der Waals surface area contributed by atoms with Gasteiger partial charge in [0.15, 0.2) is 0 Å². The van der Waals surface area contributed by atoms with Crippen molar-refractivity contribution in [2.45, 2.75) is 124 Å². The van der Waals surface area contributed by atoms with Gasteiger partial charge in [-0.1, -0.05) is 89.9 Å². The van der Waals surface area contributed by atoms with Crippen molar-refractivity contribution in [3.63, 3.8) is 0 Å². The number of rotatable bonds is 18. The number of unbranched alkanes of at least 4 members (excludes halogenated alkanes) is 1. The first kappa shape index (κ1) is 45.2. The Kier molecular flexibility index (Phi) is 17.2. The van der Waals surface area contributed by atoms with E-state index in [9.17, 15) is 33.6 Å². The topological polar surface area (TPSA) is 238 Å². The molecule has 1 heterocycles. The summed E-state index contributed by atoms with van der Waals surface area (Å²) in [6.07, 6.45) is -0.0264. The highest BCUT2D eigenvalue weighted by Gasteiger charge is 2.47. The van der Waals surface area contributed by atoms with E-state index < -0.39 is 89.2 Å². The molecule has 1 aromatic rings. The van der Waals surface area contributed by atoms with Crippen molar-refractivity contribution in [2.75, 3.05) is 19.7 Å². The SMILES string of the molecule is CCCCC(NC(=O)[C@@H]1C[C@@H](OC(C)(C)C)CN1C(=O)[C@@H](NC(=O)OCC(C)C)C(C)(C)C)C(=O)C(=O)NCC(=O)N[C@H](C(=O)NN=N)c1ccccc1. The Hall–Kier alpha value is -4.93. The summed E-state index contributed by atoms with van der Waals surface area (Å²) in [5.74, 6) is -4.90. The number of hydrogen-bond acceptors (Lipinski definition) is 11. The lowest BCUT2D eigenvalue weighted by Gasteiger charge is -2.35. The van der Waals surface area contributed by atoms with Gasteiger partial charge >= 0.3 is 6.09 Å². The van der Waals surface area contributed by atoms with Gasteiger partial charge in [0.25, 0.3) is 11.8 Å². The number of alkyl carbamates (subject to hydrolysis) is 1. The largest absolute Gasteiger partial charge is 0.449 e. The minimum atomic E-state index is -1.29.